The molecular formula is C10H13FO. The van der Waals surface area contributed by atoms with Crippen LogP contribution < -0.4 is 0 Å². The standard InChI is InChI=1S/C10H13FO/c1-2-8(7-12)9-3-5-10(11)6-4-9/h3-6,8,12H,2,7H2,1H3. The highest BCUT2D eigenvalue weighted by Gasteiger charge is 2.06. The summed E-state index contributed by atoms with van der Waals surface area (Å²) in [5.74, 6) is -0.0860. The van der Waals surface area contributed by atoms with E-state index in [9.17, 15) is 4.39 Å². The van der Waals surface area contributed by atoms with Crippen molar-refractivity contribution in [1.82, 2.24) is 0 Å². The molecule has 0 amide bonds. The highest BCUT2D eigenvalue weighted by molar-refractivity contribution is 5.20. The maximum absolute atomic E-state index is 12.5. The van der Waals surface area contributed by atoms with Crippen LogP contribution in [0, 0.1) is 5.82 Å². The molecule has 0 heterocycles. The monoisotopic (exact) mass is 168 g/mol. The number of halogens is 1. The Morgan fingerprint density at radius 2 is 1.92 bits per heavy atom. The SMILES string of the molecule is CCC(CO)c1ccc(F)cc1. The smallest absolute Gasteiger partial charge is 0.123 e. The molecular weight excluding hydrogens is 155 g/mol. The van der Waals surface area contributed by atoms with Gasteiger partial charge < -0.3 is 5.11 Å². The van der Waals surface area contributed by atoms with Gasteiger partial charge in [-0.1, -0.05) is 19.1 Å². The molecule has 0 aliphatic rings. The van der Waals surface area contributed by atoms with Gasteiger partial charge in [0, 0.05) is 12.5 Å². The maximum Gasteiger partial charge on any atom is 0.123 e. The molecule has 1 aromatic rings. The molecule has 0 aliphatic carbocycles. The Morgan fingerprint density at radius 3 is 2.33 bits per heavy atom. The molecule has 0 saturated heterocycles. The fraction of sp³-hybridized carbons (Fsp3) is 0.400. The van der Waals surface area contributed by atoms with Crippen molar-refractivity contribution in [3.05, 3.63) is 35.6 Å². The van der Waals surface area contributed by atoms with Crippen molar-refractivity contribution in [3.63, 3.8) is 0 Å². The second-order valence-electron chi connectivity index (χ2n) is 2.84. The summed E-state index contributed by atoms with van der Waals surface area (Å²) >= 11 is 0. The lowest BCUT2D eigenvalue weighted by Gasteiger charge is -2.10. The Morgan fingerprint density at radius 1 is 1.33 bits per heavy atom. The van der Waals surface area contributed by atoms with E-state index in [-0.39, 0.29) is 18.3 Å². The van der Waals surface area contributed by atoms with Gasteiger partial charge in [0.05, 0.1) is 0 Å². The van der Waals surface area contributed by atoms with Crippen molar-refractivity contribution in [2.45, 2.75) is 19.3 Å². The van der Waals surface area contributed by atoms with Gasteiger partial charge in [-0.15, -0.1) is 0 Å². The van der Waals surface area contributed by atoms with E-state index >= 15 is 0 Å². The Hall–Kier alpha value is -0.890. The van der Waals surface area contributed by atoms with Gasteiger partial charge in [-0.3, -0.25) is 0 Å². The predicted molar refractivity (Wildman–Crippen MR) is 46.5 cm³/mol. The van der Waals surface area contributed by atoms with Crippen LogP contribution in [0.5, 0.6) is 0 Å². The van der Waals surface area contributed by atoms with E-state index in [4.69, 9.17) is 5.11 Å². The lowest BCUT2D eigenvalue weighted by molar-refractivity contribution is 0.262. The van der Waals surface area contributed by atoms with Gasteiger partial charge in [-0.2, -0.15) is 0 Å². The van der Waals surface area contributed by atoms with E-state index < -0.39 is 0 Å². The number of hydrogen-bond acceptors (Lipinski definition) is 1. The molecule has 0 saturated carbocycles. The van der Waals surface area contributed by atoms with Gasteiger partial charge in [-0.25, -0.2) is 4.39 Å². The molecule has 1 rings (SSSR count). The summed E-state index contributed by atoms with van der Waals surface area (Å²) in [5, 5.41) is 8.96. The summed E-state index contributed by atoms with van der Waals surface area (Å²) in [4.78, 5) is 0. The van der Waals surface area contributed by atoms with Gasteiger partial charge in [-0.05, 0) is 24.1 Å². The number of hydrogen-bond donors (Lipinski definition) is 1. The molecule has 0 spiro atoms. The zero-order chi connectivity index (χ0) is 8.97. The van der Waals surface area contributed by atoms with Gasteiger partial charge in [0.15, 0.2) is 0 Å². The molecule has 1 nitrogen and oxygen atoms in total. The van der Waals surface area contributed by atoms with Crippen molar-refractivity contribution < 1.29 is 9.50 Å². The molecule has 1 aromatic carbocycles. The summed E-state index contributed by atoms with van der Waals surface area (Å²) in [7, 11) is 0. The average molecular weight is 168 g/mol. The molecule has 66 valence electrons. The van der Waals surface area contributed by atoms with Crippen LogP contribution in [-0.4, -0.2) is 11.7 Å². The molecule has 0 aromatic heterocycles. The molecule has 1 unspecified atom stereocenters. The molecule has 1 atom stereocenters. The van der Waals surface area contributed by atoms with Crippen molar-refractivity contribution >= 4 is 0 Å². The molecule has 0 radical (unpaired) electrons. The second kappa shape index (κ2) is 4.21. The topological polar surface area (TPSA) is 20.2 Å². The minimum absolute atomic E-state index is 0.127. The van der Waals surface area contributed by atoms with E-state index in [1.807, 2.05) is 6.92 Å². The Balaban J connectivity index is 2.80. The minimum atomic E-state index is -0.230. The number of benzene rings is 1. The van der Waals surface area contributed by atoms with Crippen molar-refractivity contribution in [2.24, 2.45) is 0 Å². The van der Waals surface area contributed by atoms with Gasteiger partial charge in [0.25, 0.3) is 0 Å². The van der Waals surface area contributed by atoms with Crippen molar-refractivity contribution in [2.75, 3.05) is 6.61 Å². The number of aliphatic hydroxyl groups is 1. The molecule has 0 fully saturated rings. The molecule has 12 heavy (non-hydrogen) atoms. The fourth-order valence-electron chi connectivity index (χ4n) is 1.21. The molecule has 2 heteroatoms. The Labute approximate surface area is 71.9 Å². The third kappa shape index (κ3) is 2.05. The predicted octanol–water partition coefficient (Wildman–Crippen LogP) is 2.31. The summed E-state index contributed by atoms with van der Waals surface area (Å²) in [6, 6.07) is 6.29. The average Bonchev–Trinajstić information content (AvgIpc) is 2.10. The summed E-state index contributed by atoms with van der Waals surface area (Å²) in [5.41, 5.74) is 1.00. The largest absolute Gasteiger partial charge is 0.396 e. The van der Waals surface area contributed by atoms with E-state index in [1.165, 1.54) is 12.1 Å². The van der Waals surface area contributed by atoms with Crippen LogP contribution >= 0.6 is 0 Å². The first-order chi connectivity index (χ1) is 5.77. The van der Waals surface area contributed by atoms with Crippen LogP contribution in [0.1, 0.15) is 24.8 Å². The quantitative estimate of drug-likeness (QED) is 0.734. The normalized spacial score (nSPS) is 12.9. The molecule has 0 bridgehead atoms. The summed E-state index contributed by atoms with van der Waals surface area (Å²) in [6.07, 6.45) is 0.877. The lowest BCUT2D eigenvalue weighted by Crippen LogP contribution is -2.02. The fourth-order valence-corrected chi connectivity index (χ4v) is 1.21. The van der Waals surface area contributed by atoms with Crippen LogP contribution in [0.25, 0.3) is 0 Å². The summed E-state index contributed by atoms with van der Waals surface area (Å²) < 4.78 is 12.5. The van der Waals surface area contributed by atoms with Crippen LogP contribution in [0.2, 0.25) is 0 Å². The van der Waals surface area contributed by atoms with Crippen LogP contribution in [0.15, 0.2) is 24.3 Å². The van der Waals surface area contributed by atoms with Gasteiger partial charge in [0.2, 0.25) is 0 Å². The van der Waals surface area contributed by atoms with Crippen LogP contribution in [0.4, 0.5) is 4.39 Å². The van der Waals surface area contributed by atoms with Crippen LogP contribution in [-0.2, 0) is 0 Å². The van der Waals surface area contributed by atoms with Gasteiger partial charge in [0.1, 0.15) is 5.82 Å². The third-order valence-electron chi connectivity index (χ3n) is 2.05. The third-order valence-corrected chi connectivity index (χ3v) is 2.05. The molecule has 0 aliphatic heterocycles. The highest BCUT2D eigenvalue weighted by atomic mass is 19.1. The second-order valence-corrected chi connectivity index (χ2v) is 2.84. The zero-order valence-corrected chi connectivity index (χ0v) is 7.13. The Bertz CT molecular complexity index is 226. The van der Waals surface area contributed by atoms with Crippen molar-refractivity contribution in [1.29, 1.82) is 0 Å². The van der Waals surface area contributed by atoms with Crippen molar-refractivity contribution in [3.8, 4) is 0 Å². The van der Waals surface area contributed by atoms with Crippen LogP contribution in [0.3, 0.4) is 0 Å². The van der Waals surface area contributed by atoms with E-state index in [2.05, 4.69) is 0 Å². The minimum Gasteiger partial charge on any atom is -0.396 e. The van der Waals surface area contributed by atoms with E-state index in [0.29, 0.717) is 0 Å². The first-order valence-electron chi connectivity index (χ1n) is 4.14. The van der Waals surface area contributed by atoms with E-state index in [0.717, 1.165) is 12.0 Å². The first-order valence-corrected chi connectivity index (χ1v) is 4.14. The maximum atomic E-state index is 12.5. The zero-order valence-electron chi connectivity index (χ0n) is 7.13. The number of aliphatic hydroxyl groups excluding tert-OH is 1. The molecule has 1 N–H and O–H groups in total. The highest BCUT2D eigenvalue weighted by Crippen LogP contribution is 2.18. The summed E-state index contributed by atoms with van der Waals surface area (Å²) in [6.45, 7) is 2.13. The lowest BCUT2D eigenvalue weighted by atomic mass is 9.98. The Kier molecular flexibility index (Phi) is 3.23. The van der Waals surface area contributed by atoms with E-state index in [1.54, 1.807) is 12.1 Å². The number of rotatable bonds is 3. The first kappa shape index (κ1) is 9.20. The van der Waals surface area contributed by atoms with Gasteiger partial charge >= 0.3 is 0 Å².